The minimum Gasteiger partial charge on any atom is -0.469 e. The smallest absolute Gasteiger partial charge is 0.305 e. The van der Waals surface area contributed by atoms with Crippen LogP contribution in [0.25, 0.3) is 0 Å². The zero-order valence-electron chi connectivity index (χ0n) is 11.7. The number of carbonyl (C=O) groups is 1. The Morgan fingerprint density at radius 1 is 1.39 bits per heavy atom. The number of methoxy groups -OCH3 is 1. The molecule has 0 amide bonds. The Balaban J connectivity index is 0.00000137. The monoisotopic (exact) mass is 252 g/mol. The van der Waals surface area contributed by atoms with Gasteiger partial charge >= 0.3 is 5.97 Å². The Bertz CT molecular complexity index is 353. The normalized spacial score (nSPS) is 10.9. The van der Waals surface area contributed by atoms with Crippen molar-refractivity contribution in [3.63, 3.8) is 0 Å². The highest BCUT2D eigenvalue weighted by Crippen LogP contribution is 2.18. The summed E-state index contributed by atoms with van der Waals surface area (Å²) in [5.74, 6) is -0.185. The first-order valence-corrected chi connectivity index (χ1v) is 6.31. The zero-order chi connectivity index (χ0) is 14.0. The molecular weight excluding hydrogens is 228 g/mol. The van der Waals surface area contributed by atoms with E-state index >= 15 is 0 Å². The zero-order valence-corrected chi connectivity index (χ0v) is 11.7. The van der Waals surface area contributed by atoms with Gasteiger partial charge in [0, 0.05) is 12.5 Å². The number of ether oxygens (including phenoxy) is 1. The maximum Gasteiger partial charge on any atom is 0.305 e. The second-order valence-corrected chi connectivity index (χ2v) is 3.75. The molecule has 1 rings (SSSR count). The van der Waals surface area contributed by atoms with Gasteiger partial charge in [0.2, 0.25) is 0 Å². The van der Waals surface area contributed by atoms with Crippen LogP contribution in [0.1, 0.15) is 33.6 Å². The van der Waals surface area contributed by atoms with Crippen molar-refractivity contribution in [3.8, 4) is 0 Å². The number of nitrogens with two attached hydrogens (primary N) is 1. The number of anilines is 2. The molecule has 4 nitrogen and oxygen atoms in total. The third kappa shape index (κ3) is 6.13. The maximum atomic E-state index is 11.0. The van der Waals surface area contributed by atoms with Crippen LogP contribution in [0.3, 0.4) is 0 Å². The number of esters is 1. The highest BCUT2D eigenvalue weighted by atomic mass is 16.5. The largest absolute Gasteiger partial charge is 0.469 e. The van der Waals surface area contributed by atoms with Gasteiger partial charge in [0.1, 0.15) is 0 Å². The van der Waals surface area contributed by atoms with Gasteiger partial charge in [-0.15, -0.1) is 0 Å². The standard InChI is InChI=1S/C12H18N2O2.C2H6/c1-9(7-8-12(15)16-2)14-11-6-4-3-5-10(11)13;1-2/h3-6,9,14H,7-8,13H2,1-2H3;1-2H3. The van der Waals surface area contributed by atoms with E-state index in [0.717, 1.165) is 12.1 Å². The van der Waals surface area contributed by atoms with Crippen molar-refractivity contribution in [1.29, 1.82) is 0 Å². The predicted molar refractivity (Wildman–Crippen MR) is 76.5 cm³/mol. The lowest BCUT2D eigenvalue weighted by Crippen LogP contribution is -2.17. The molecule has 0 saturated carbocycles. The number of nitrogens with one attached hydrogen (secondary N) is 1. The van der Waals surface area contributed by atoms with E-state index in [4.69, 9.17) is 5.73 Å². The van der Waals surface area contributed by atoms with Gasteiger partial charge in [-0.1, -0.05) is 26.0 Å². The van der Waals surface area contributed by atoms with Crippen molar-refractivity contribution in [2.24, 2.45) is 0 Å². The van der Waals surface area contributed by atoms with Crippen molar-refractivity contribution in [1.82, 2.24) is 0 Å². The molecule has 4 heteroatoms. The number of benzene rings is 1. The molecule has 1 atom stereocenters. The molecule has 0 heterocycles. The van der Waals surface area contributed by atoms with Gasteiger partial charge in [0.05, 0.1) is 18.5 Å². The van der Waals surface area contributed by atoms with E-state index in [9.17, 15) is 4.79 Å². The van der Waals surface area contributed by atoms with Gasteiger partial charge in [0.15, 0.2) is 0 Å². The van der Waals surface area contributed by atoms with E-state index in [0.29, 0.717) is 12.1 Å². The van der Waals surface area contributed by atoms with Crippen molar-refractivity contribution >= 4 is 17.3 Å². The Kier molecular flexibility index (Phi) is 8.45. The van der Waals surface area contributed by atoms with Crippen LogP contribution in [0.5, 0.6) is 0 Å². The maximum absolute atomic E-state index is 11.0. The molecule has 0 aromatic heterocycles. The molecule has 1 aromatic rings. The van der Waals surface area contributed by atoms with Gasteiger partial charge < -0.3 is 15.8 Å². The summed E-state index contributed by atoms with van der Waals surface area (Å²) in [6.45, 7) is 6.01. The first-order valence-electron chi connectivity index (χ1n) is 6.31. The lowest BCUT2D eigenvalue weighted by atomic mass is 10.1. The van der Waals surface area contributed by atoms with Gasteiger partial charge in [-0.05, 0) is 25.5 Å². The Labute approximate surface area is 110 Å². The van der Waals surface area contributed by atoms with Crippen LogP contribution in [-0.4, -0.2) is 19.1 Å². The van der Waals surface area contributed by atoms with E-state index < -0.39 is 0 Å². The molecule has 1 aromatic carbocycles. The van der Waals surface area contributed by atoms with Crippen LogP contribution in [0.4, 0.5) is 11.4 Å². The highest BCUT2D eigenvalue weighted by molar-refractivity contribution is 5.69. The number of hydrogen-bond acceptors (Lipinski definition) is 4. The third-order valence-electron chi connectivity index (χ3n) is 2.37. The van der Waals surface area contributed by atoms with Crippen molar-refractivity contribution in [3.05, 3.63) is 24.3 Å². The summed E-state index contributed by atoms with van der Waals surface area (Å²) in [5.41, 5.74) is 7.41. The lowest BCUT2D eigenvalue weighted by Gasteiger charge is -2.15. The number of hydrogen-bond donors (Lipinski definition) is 2. The molecule has 0 aliphatic heterocycles. The molecule has 102 valence electrons. The average Bonchev–Trinajstić information content (AvgIpc) is 2.41. The second kappa shape index (κ2) is 9.33. The van der Waals surface area contributed by atoms with Crippen LogP contribution in [0, 0.1) is 0 Å². The quantitative estimate of drug-likeness (QED) is 0.624. The lowest BCUT2D eigenvalue weighted by molar-refractivity contribution is -0.140. The van der Waals surface area contributed by atoms with Crippen LogP contribution < -0.4 is 11.1 Å². The molecule has 1 unspecified atom stereocenters. The molecule has 3 N–H and O–H groups in total. The molecule has 0 bridgehead atoms. The Hall–Kier alpha value is -1.71. The van der Waals surface area contributed by atoms with E-state index in [2.05, 4.69) is 10.1 Å². The summed E-state index contributed by atoms with van der Waals surface area (Å²) in [6, 6.07) is 7.76. The molecule has 18 heavy (non-hydrogen) atoms. The minimum absolute atomic E-state index is 0.184. The van der Waals surface area contributed by atoms with E-state index in [1.807, 2.05) is 45.0 Å². The fourth-order valence-corrected chi connectivity index (χ4v) is 1.40. The van der Waals surface area contributed by atoms with E-state index in [1.54, 1.807) is 0 Å². The average molecular weight is 252 g/mol. The highest BCUT2D eigenvalue weighted by Gasteiger charge is 2.07. The molecule has 0 aliphatic rings. The van der Waals surface area contributed by atoms with Crippen LogP contribution in [-0.2, 0) is 9.53 Å². The van der Waals surface area contributed by atoms with Crippen molar-refractivity contribution in [2.75, 3.05) is 18.2 Å². The van der Waals surface area contributed by atoms with Crippen molar-refractivity contribution < 1.29 is 9.53 Å². The van der Waals surface area contributed by atoms with Crippen LogP contribution in [0.15, 0.2) is 24.3 Å². The SMILES string of the molecule is CC.COC(=O)CCC(C)Nc1ccccc1N. The van der Waals surface area contributed by atoms with E-state index in [1.165, 1.54) is 7.11 Å². The summed E-state index contributed by atoms with van der Waals surface area (Å²) < 4.78 is 4.58. The summed E-state index contributed by atoms with van der Waals surface area (Å²) in [7, 11) is 1.40. The fraction of sp³-hybridized carbons (Fsp3) is 0.500. The topological polar surface area (TPSA) is 64.3 Å². The van der Waals surface area contributed by atoms with Gasteiger partial charge in [-0.3, -0.25) is 4.79 Å². The number of rotatable bonds is 5. The van der Waals surface area contributed by atoms with Gasteiger partial charge in [-0.2, -0.15) is 0 Å². The van der Waals surface area contributed by atoms with Gasteiger partial charge in [0.25, 0.3) is 0 Å². The first kappa shape index (κ1) is 16.3. The number of carbonyl (C=O) groups excluding carboxylic acids is 1. The van der Waals surface area contributed by atoms with Crippen molar-refractivity contribution in [2.45, 2.75) is 39.7 Å². The van der Waals surface area contributed by atoms with E-state index in [-0.39, 0.29) is 12.0 Å². The Morgan fingerprint density at radius 3 is 2.56 bits per heavy atom. The second-order valence-electron chi connectivity index (χ2n) is 3.75. The predicted octanol–water partition coefficient (Wildman–Crippen LogP) is 3.05. The Morgan fingerprint density at radius 2 is 2.00 bits per heavy atom. The molecule has 0 radical (unpaired) electrons. The molecule has 0 saturated heterocycles. The molecule has 0 fully saturated rings. The summed E-state index contributed by atoms with van der Waals surface area (Å²) in [6.07, 6.45) is 1.14. The molecule has 0 aliphatic carbocycles. The summed E-state index contributed by atoms with van der Waals surface area (Å²) >= 11 is 0. The molecular formula is C14H24N2O2. The minimum atomic E-state index is -0.185. The van der Waals surface area contributed by atoms with Gasteiger partial charge in [-0.25, -0.2) is 0 Å². The number of nitrogen functional groups attached to an aromatic ring is 1. The fourth-order valence-electron chi connectivity index (χ4n) is 1.40. The molecule has 0 spiro atoms. The summed E-state index contributed by atoms with van der Waals surface area (Å²) in [4.78, 5) is 11.0. The first-order chi connectivity index (χ1) is 8.63. The van der Waals surface area contributed by atoms with Crippen LogP contribution >= 0.6 is 0 Å². The number of para-hydroxylation sites is 2. The summed E-state index contributed by atoms with van der Waals surface area (Å²) in [5, 5.41) is 3.26. The third-order valence-corrected chi connectivity index (χ3v) is 2.37. The van der Waals surface area contributed by atoms with Crippen LogP contribution in [0.2, 0.25) is 0 Å².